The SMILES string of the molecule is Cc1cnc(Cn2c(=S)[nH]c3c(C#N)cccc32)s1. The first-order valence-electron chi connectivity index (χ1n) is 5.72. The third-order valence-electron chi connectivity index (χ3n) is 2.89. The summed E-state index contributed by atoms with van der Waals surface area (Å²) in [5.74, 6) is 0. The second-order valence-electron chi connectivity index (χ2n) is 4.19. The molecule has 0 aliphatic rings. The summed E-state index contributed by atoms with van der Waals surface area (Å²) in [4.78, 5) is 8.64. The van der Waals surface area contributed by atoms with Gasteiger partial charge >= 0.3 is 0 Å². The fraction of sp³-hybridized carbons (Fsp3) is 0.154. The van der Waals surface area contributed by atoms with E-state index in [2.05, 4.69) is 16.0 Å². The molecule has 3 aromatic rings. The van der Waals surface area contributed by atoms with Crippen LogP contribution in [-0.2, 0) is 6.54 Å². The molecule has 1 aromatic carbocycles. The first kappa shape index (κ1) is 12.1. The minimum atomic E-state index is 0.609. The molecule has 1 N–H and O–H groups in total. The first-order valence-corrected chi connectivity index (χ1v) is 6.94. The van der Waals surface area contributed by atoms with Crippen LogP contribution in [0.15, 0.2) is 24.4 Å². The standard InChI is InChI=1S/C13H10N4S2/c1-8-6-15-11(19-8)7-17-10-4-2-3-9(5-14)12(10)16-13(17)18/h2-4,6H,7H2,1H3,(H,16,18). The lowest BCUT2D eigenvalue weighted by atomic mass is 10.2. The van der Waals surface area contributed by atoms with Crippen LogP contribution in [0.5, 0.6) is 0 Å². The molecule has 0 amide bonds. The molecule has 0 fully saturated rings. The number of hydrogen-bond donors (Lipinski definition) is 1. The van der Waals surface area contributed by atoms with E-state index in [1.807, 2.05) is 29.8 Å². The summed E-state index contributed by atoms with van der Waals surface area (Å²) in [6.45, 7) is 2.66. The van der Waals surface area contributed by atoms with Crippen molar-refractivity contribution in [2.24, 2.45) is 0 Å². The molecule has 2 heterocycles. The normalized spacial score (nSPS) is 10.7. The van der Waals surface area contributed by atoms with Gasteiger partial charge in [0.2, 0.25) is 0 Å². The number of para-hydroxylation sites is 1. The van der Waals surface area contributed by atoms with Gasteiger partial charge in [-0.25, -0.2) is 4.98 Å². The predicted molar refractivity (Wildman–Crippen MR) is 77.8 cm³/mol. The quantitative estimate of drug-likeness (QED) is 0.735. The zero-order chi connectivity index (χ0) is 13.4. The molecule has 0 bridgehead atoms. The lowest BCUT2D eigenvalue weighted by Crippen LogP contribution is -1.98. The van der Waals surface area contributed by atoms with Gasteiger partial charge in [0, 0.05) is 11.1 Å². The molecule has 0 aliphatic heterocycles. The van der Waals surface area contributed by atoms with Crippen molar-refractivity contribution in [3.8, 4) is 6.07 Å². The van der Waals surface area contributed by atoms with Crippen LogP contribution in [0, 0.1) is 23.0 Å². The monoisotopic (exact) mass is 286 g/mol. The predicted octanol–water partition coefficient (Wildman–Crippen LogP) is 3.38. The summed E-state index contributed by atoms with van der Waals surface area (Å²) in [5.41, 5.74) is 2.35. The van der Waals surface area contributed by atoms with Crippen molar-refractivity contribution in [2.75, 3.05) is 0 Å². The van der Waals surface area contributed by atoms with Crippen molar-refractivity contribution < 1.29 is 0 Å². The molecule has 3 rings (SSSR count). The zero-order valence-electron chi connectivity index (χ0n) is 10.2. The molecular weight excluding hydrogens is 276 g/mol. The molecule has 6 heteroatoms. The number of H-pyrrole nitrogens is 1. The number of aromatic amines is 1. The van der Waals surface area contributed by atoms with Crippen molar-refractivity contribution >= 4 is 34.6 Å². The Morgan fingerprint density at radius 2 is 2.37 bits per heavy atom. The maximum absolute atomic E-state index is 9.11. The van der Waals surface area contributed by atoms with Crippen molar-refractivity contribution in [3.05, 3.63) is 44.6 Å². The van der Waals surface area contributed by atoms with Gasteiger partial charge in [-0.2, -0.15) is 5.26 Å². The van der Waals surface area contributed by atoms with Crippen LogP contribution in [0.1, 0.15) is 15.4 Å². The number of rotatable bonds is 2. The molecule has 0 radical (unpaired) electrons. The number of thiazole rings is 1. The molecule has 0 saturated heterocycles. The summed E-state index contributed by atoms with van der Waals surface area (Å²) in [7, 11) is 0. The van der Waals surface area contributed by atoms with Crippen LogP contribution >= 0.6 is 23.6 Å². The Hall–Kier alpha value is -1.97. The van der Waals surface area contributed by atoms with Crippen LogP contribution in [0.3, 0.4) is 0 Å². The van der Waals surface area contributed by atoms with Gasteiger partial charge in [-0.1, -0.05) is 6.07 Å². The van der Waals surface area contributed by atoms with Crippen LogP contribution in [0.4, 0.5) is 0 Å². The molecule has 0 saturated carbocycles. The number of fused-ring (bicyclic) bond motifs is 1. The first-order chi connectivity index (χ1) is 9.19. The minimum absolute atomic E-state index is 0.609. The molecule has 2 aromatic heterocycles. The smallest absolute Gasteiger partial charge is 0.178 e. The highest BCUT2D eigenvalue weighted by Crippen LogP contribution is 2.20. The molecule has 4 nitrogen and oxygen atoms in total. The summed E-state index contributed by atoms with van der Waals surface area (Å²) in [6.07, 6.45) is 1.86. The Balaban J connectivity index is 2.17. The highest BCUT2D eigenvalue weighted by molar-refractivity contribution is 7.71. The van der Waals surface area contributed by atoms with E-state index in [9.17, 15) is 0 Å². The number of hydrogen-bond acceptors (Lipinski definition) is 4. The van der Waals surface area contributed by atoms with Gasteiger partial charge in [0.05, 0.1) is 23.1 Å². The Kier molecular flexibility index (Phi) is 2.93. The highest BCUT2D eigenvalue weighted by Gasteiger charge is 2.09. The largest absolute Gasteiger partial charge is 0.329 e. The van der Waals surface area contributed by atoms with E-state index < -0.39 is 0 Å². The third-order valence-corrected chi connectivity index (χ3v) is 4.11. The van der Waals surface area contributed by atoms with E-state index in [4.69, 9.17) is 17.5 Å². The zero-order valence-corrected chi connectivity index (χ0v) is 11.8. The van der Waals surface area contributed by atoms with E-state index in [1.54, 1.807) is 17.4 Å². The Morgan fingerprint density at radius 3 is 3.05 bits per heavy atom. The maximum atomic E-state index is 9.11. The topological polar surface area (TPSA) is 57.4 Å². The number of nitrogens with zero attached hydrogens (tertiary/aromatic N) is 3. The molecule has 0 spiro atoms. The fourth-order valence-corrected chi connectivity index (χ4v) is 3.08. The van der Waals surface area contributed by atoms with E-state index >= 15 is 0 Å². The molecule has 0 atom stereocenters. The van der Waals surface area contributed by atoms with Gasteiger partial charge < -0.3 is 9.55 Å². The van der Waals surface area contributed by atoms with Gasteiger partial charge in [-0.15, -0.1) is 11.3 Å². The van der Waals surface area contributed by atoms with Crippen LogP contribution in [-0.4, -0.2) is 14.5 Å². The average molecular weight is 286 g/mol. The van der Waals surface area contributed by atoms with Crippen molar-refractivity contribution in [3.63, 3.8) is 0 Å². The van der Waals surface area contributed by atoms with E-state index in [0.717, 1.165) is 16.0 Å². The summed E-state index contributed by atoms with van der Waals surface area (Å²) >= 11 is 7.00. The molecule has 94 valence electrons. The molecule has 0 unspecified atom stereocenters. The van der Waals surface area contributed by atoms with Crippen molar-refractivity contribution in [2.45, 2.75) is 13.5 Å². The van der Waals surface area contributed by atoms with E-state index in [1.165, 1.54) is 4.88 Å². The van der Waals surface area contributed by atoms with Crippen LogP contribution in [0.25, 0.3) is 11.0 Å². The van der Waals surface area contributed by atoms with Crippen molar-refractivity contribution in [1.82, 2.24) is 14.5 Å². The number of imidazole rings is 1. The second kappa shape index (κ2) is 4.61. The number of benzene rings is 1. The molecular formula is C13H10N4S2. The van der Waals surface area contributed by atoms with Gasteiger partial charge in [-0.05, 0) is 31.3 Å². The van der Waals surface area contributed by atoms with Gasteiger partial charge in [0.15, 0.2) is 4.77 Å². The van der Waals surface area contributed by atoms with E-state index in [-0.39, 0.29) is 0 Å². The Bertz CT molecular complexity index is 848. The Morgan fingerprint density at radius 1 is 1.53 bits per heavy atom. The molecule has 19 heavy (non-hydrogen) atoms. The number of aromatic nitrogens is 3. The van der Waals surface area contributed by atoms with Crippen molar-refractivity contribution in [1.29, 1.82) is 5.26 Å². The van der Waals surface area contributed by atoms with Gasteiger partial charge in [-0.3, -0.25) is 0 Å². The summed E-state index contributed by atoms with van der Waals surface area (Å²) < 4.78 is 2.59. The van der Waals surface area contributed by atoms with Crippen LogP contribution < -0.4 is 0 Å². The maximum Gasteiger partial charge on any atom is 0.178 e. The Labute approximate surface area is 119 Å². The molecule has 0 aliphatic carbocycles. The third kappa shape index (κ3) is 2.07. The highest BCUT2D eigenvalue weighted by atomic mass is 32.1. The van der Waals surface area contributed by atoms with Gasteiger partial charge in [0.25, 0.3) is 0 Å². The summed E-state index contributed by atoms with van der Waals surface area (Å²) in [5, 5.41) is 10.1. The average Bonchev–Trinajstić information content (AvgIpc) is 2.94. The van der Waals surface area contributed by atoms with E-state index in [0.29, 0.717) is 16.9 Å². The lowest BCUT2D eigenvalue weighted by molar-refractivity contribution is 0.803. The number of aryl methyl sites for hydroxylation is 1. The number of nitriles is 1. The minimum Gasteiger partial charge on any atom is -0.329 e. The van der Waals surface area contributed by atoms with Crippen LogP contribution in [0.2, 0.25) is 0 Å². The van der Waals surface area contributed by atoms with Gasteiger partial charge in [0.1, 0.15) is 11.1 Å². The summed E-state index contributed by atoms with van der Waals surface area (Å²) in [6, 6.07) is 7.79. The fourth-order valence-electron chi connectivity index (χ4n) is 2.04. The number of nitrogens with one attached hydrogen (secondary N) is 1. The second-order valence-corrected chi connectivity index (χ2v) is 5.90. The lowest BCUT2D eigenvalue weighted by Gasteiger charge is -2.01.